The Bertz CT molecular complexity index is 1030. The summed E-state index contributed by atoms with van der Waals surface area (Å²) in [6, 6.07) is 9.61. The summed E-state index contributed by atoms with van der Waals surface area (Å²) in [5, 5.41) is 13.5. The van der Waals surface area contributed by atoms with Gasteiger partial charge in [-0.05, 0) is 43.3 Å². The molecule has 9 nitrogen and oxygen atoms in total. The van der Waals surface area contributed by atoms with Crippen LogP contribution < -0.4 is 15.4 Å². The predicted octanol–water partition coefficient (Wildman–Crippen LogP) is 1.47. The van der Waals surface area contributed by atoms with Gasteiger partial charge in [-0.3, -0.25) is 14.4 Å². The number of amides is 2. The van der Waals surface area contributed by atoms with Gasteiger partial charge in [-0.2, -0.15) is 0 Å². The Hall–Kier alpha value is -3.88. The normalized spacial score (nSPS) is 10.5. The lowest BCUT2D eigenvalue weighted by Crippen LogP contribution is -2.29. The van der Waals surface area contributed by atoms with Gasteiger partial charge in [-0.25, -0.2) is 4.98 Å². The number of aromatic nitrogens is 2. The molecular weight excluding hydrogens is 364 g/mol. The molecule has 0 aliphatic rings. The second-order valence-electron chi connectivity index (χ2n) is 5.98. The zero-order valence-electron chi connectivity index (χ0n) is 15.0. The average molecular weight is 382 g/mol. The molecule has 0 saturated carbocycles. The molecule has 3 rings (SSSR count). The number of fused-ring (bicyclic) bond motifs is 1. The molecule has 3 N–H and O–H groups in total. The first kappa shape index (κ1) is 18.9. The van der Waals surface area contributed by atoms with Crippen LogP contribution >= 0.6 is 0 Å². The molecule has 0 aliphatic heterocycles. The second kappa shape index (κ2) is 8.21. The molecule has 0 fully saturated rings. The Morgan fingerprint density at radius 1 is 1.18 bits per heavy atom. The largest absolute Gasteiger partial charge is 0.480 e. The molecule has 0 unspecified atom stereocenters. The van der Waals surface area contributed by atoms with E-state index in [1.165, 1.54) is 12.1 Å². The summed E-state index contributed by atoms with van der Waals surface area (Å²) >= 11 is 0. The molecule has 0 atom stereocenters. The Morgan fingerprint density at radius 2 is 1.93 bits per heavy atom. The third kappa shape index (κ3) is 4.64. The summed E-state index contributed by atoms with van der Waals surface area (Å²) in [6.45, 7) is 1.21. The maximum Gasteiger partial charge on any atom is 0.322 e. The molecule has 0 saturated heterocycles. The zero-order valence-corrected chi connectivity index (χ0v) is 15.0. The fourth-order valence-electron chi connectivity index (χ4n) is 2.53. The van der Waals surface area contributed by atoms with Crippen molar-refractivity contribution in [3.05, 3.63) is 60.0 Å². The number of benzene rings is 1. The number of carboxylic acids is 1. The highest BCUT2D eigenvalue weighted by atomic mass is 16.5. The first-order chi connectivity index (χ1) is 13.4. The summed E-state index contributed by atoms with van der Waals surface area (Å²) in [4.78, 5) is 38.7. The summed E-state index contributed by atoms with van der Waals surface area (Å²) < 4.78 is 7.38. The summed E-state index contributed by atoms with van der Waals surface area (Å²) in [7, 11) is 0. The van der Waals surface area contributed by atoms with E-state index in [0.29, 0.717) is 17.1 Å². The fraction of sp³-hybridized carbons (Fsp3) is 0.158. The van der Waals surface area contributed by atoms with Crippen molar-refractivity contribution in [2.75, 3.05) is 18.5 Å². The number of rotatable bonds is 7. The number of ether oxygens (including phenoxy) is 1. The Labute approximate surface area is 160 Å². The molecule has 2 aromatic heterocycles. The van der Waals surface area contributed by atoms with Gasteiger partial charge in [0.15, 0.2) is 18.0 Å². The SMILES string of the molecule is Cc1cn2cccc(OCC(=O)Nc3ccc(C(=O)NCC(=O)O)cc3)c2n1. The van der Waals surface area contributed by atoms with E-state index in [1.54, 1.807) is 24.3 Å². The number of aliphatic carboxylic acids is 1. The number of carbonyl (C=O) groups is 3. The van der Waals surface area contributed by atoms with Crippen LogP contribution in [0.25, 0.3) is 5.65 Å². The number of hydrogen-bond donors (Lipinski definition) is 3. The van der Waals surface area contributed by atoms with Gasteiger partial charge < -0.3 is 24.9 Å². The molecule has 9 heteroatoms. The number of nitrogens with one attached hydrogen (secondary N) is 2. The van der Waals surface area contributed by atoms with E-state index in [1.807, 2.05) is 23.7 Å². The lowest BCUT2D eigenvalue weighted by Gasteiger charge is -2.09. The van der Waals surface area contributed by atoms with Crippen LogP contribution in [0.2, 0.25) is 0 Å². The van der Waals surface area contributed by atoms with Crippen LogP contribution in [0.15, 0.2) is 48.8 Å². The molecule has 0 spiro atoms. The molecular formula is C19H18N4O5. The van der Waals surface area contributed by atoms with Crippen LogP contribution in [0.1, 0.15) is 16.1 Å². The third-order valence-corrected chi connectivity index (χ3v) is 3.76. The van der Waals surface area contributed by atoms with Crippen molar-refractivity contribution in [3.63, 3.8) is 0 Å². The van der Waals surface area contributed by atoms with E-state index in [-0.39, 0.29) is 18.1 Å². The maximum atomic E-state index is 12.1. The van der Waals surface area contributed by atoms with Crippen molar-refractivity contribution in [1.29, 1.82) is 0 Å². The molecule has 0 aliphatic carbocycles. The quantitative estimate of drug-likeness (QED) is 0.569. The molecule has 2 amide bonds. The Morgan fingerprint density at radius 3 is 2.64 bits per heavy atom. The zero-order chi connectivity index (χ0) is 20.1. The van der Waals surface area contributed by atoms with Crippen LogP contribution in [0.4, 0.5) is 5.69 Å². The van der Waals surface area contributed by atoms with Crippen molar-refractivity contribution in [3.8, 4) is 5.75 Å². The molecule has 1 aromatic carbocycles. The van der Waals surface area contributed by atoms with Gasteiger partial charge in [0.05, 0.1) is 5.69 Å². The fourth-order valence-corrected chi connectivity index (χ4v) is 2.53. The van der Waals surface area contributed by atoms with Crippen molar-refractivity contribution < 1.29 is 24.2 Å². The predicted molar refractivity (Wildman–Crippen MR) is 100 cm³/mol. The monoisotopic (exact) mass is 382 g/mol. The number of imidazole rings is 1. The van der Waals surface area contributed by atoms with E-state index in [2.05, 4.69) is 15.6 Å². The van der Waals surface area contributed by atoms with Crippen LogP contribution in [0.5, 0.6) is 5.75 Å². The van der Waals surface area contributed by atoms with Crippen molar-refractivity contribution >= 4 is 29.1 Å². The highest BCUT2D eigenvalue weighted by Gasteiger charge is 2.10. The number of nitrogens with zero attached hydrogens (tertiary/aromatic N) is 2. The van der Waals surface area contributed by atoms with Crippen molar-refractivity contribution in [1.82, 2.24) is 14.7 Å². The molecule has 0 bridgehead atoms. The lowest BCUT2D eigenvalue weighted by molar-refractivity contribution is -0.135. The van der Waals surface area contributed by atoms with Gasteiger partial charge >= 0.3 is 5.97 Å². The Balaban J connectivity index is 1.56. The standard InChI is InChI=1S/C19H18N4O5/c1-12-10-23-8-2-3-15(18(23)21-12)28-11-16(24)22-14-6-4-13(5-7-14)19(27)20-9-17(25)26/h2-8,10H,9,11H2,1H3,(H,20,27)(H,22,24)(H,25,26). The van der Waals surface area contributed by atoms with E-state index in [4.69, 9.17) is 9.84 Å². The summed E-state index contributed by atoms with van der Waals surface area (Å²) in [5.41, 5.74) is 2.24. The number of anilines is 1. The average Bonchev–Trinajstić information content (AvgIpc) is 3.05. The Kier molecular flexibility index (Phi) is 5.54. The van der Waals surface area contributed by atoms with E-state index in [9.17, 15) is 14.4 Å². The topological polar surface area (TPSA) is 122 Å². The molecule has 3 aromatic rings. The minimum Gasteiger partial charge on any atom is -0.480 e. The van der Waals surface area contributed by atoms with Gasteiger partial charge in [-0.15, -0.1) is 0 Å². The minimum atomic E-state index is -1.13. The van der Waals surface area contributed by atoms with Crippen molar-refractivity contribution in [2.24, 2.45) is 0 Å². The van der Waals surface area contributed by atoms with Gasteiger partial charge in [0.1, 0.15) is 6.54 Å². The molecule has 0 radical (unpaired) electrons. The van der Waals surface area contributed by atoms with Gasteiger partial charge in [-0.1, -0.05) is 0 Å². The maximum absolute atomic E-state index is 12.1. The van der Waals surface area contributed by atoms with E-state index in [0.717, 1.165) is 5.69 Å². The van der Waals surface area contributed by atoms with Crippen molar-refractivity contribution in [2.45, 2.75) is 6.92 Å². The third-order valence-electron chi connectivity index (χ3n) is 3.76. The highest BCUT2D eigenvalue weighted by Crippen LogP contribution is 2.18. The number of pyridine rings is 1. The summed E-state index contributed by atoms with van der Waals surface area (Å²) in [6.07, 6.45) is 3.70. The van der Waals surface area contributed by atoms with Crippen LogP contribution in [-0.4, -0.2) is 45.4 Å². The minimum absolute atomic E-state index is 0.202. The lowest BCUT2D eigenvalue weighted by atomic mass is 10.2. The van der Waals surface area contributed by atoms with Gasteiger partial charge in [0.2, 0.25) is 0 Å². The van der Waals surface area contributed by atoms with Crippen LogP contribution in [0, 0.1) is 6.92 Å². The summed E-state index contributed by atoms with van der Waals surface area (Å²) in [5.74, 6) is -1.50. The van der Waals surface area contributed by atoms with Gasteiger partial charge in [0.25, 0.3) is 11.8 Å². The van der Waals surface area contributed by atoms with Gasteiger partial charge in [0, 0.05) is 23.6 Å². The van der Waals surface area contributed by atoms with Crippen LogP contribution in [0.3, 0.4) is 0 Å². The van der Waals surface area contributed by atoms with E-state index >= 15 is 0 Å². The second-order valence-corrected chi connectivity index (χ2v) is 5.98. The molecule has 2 heterocycles. The molecule has 144 valence electrons. The number of carboxylic acid groups (broad SMARTS) is 1. The number of aryl methyl sites for hydroxylation is 1. The number of carbonyl (C=O) groups excluding carboxylic acids is 2. The van der Waals surface area contributed by atoms with E-state index < -0.39 is 18.4 Å². The smallest absolute Gasteiger partial charge is 0.322 e. The first-order valence-electron chi connectivity index (χ1n) is 8.39. The highest BCUT2D eigenvalue weighted by molar-refractivity contribution is 5.97. The number of hydrogen-bond acceptors (Lipinski definition) is 5. The molecule has 28 heavy (non-hydrogen) atoms. The first-order valence-corrected chi connectivity index (χ1v) is 8.39. The van der Waals surface area contributed by atoms with Crippen LogP contribution in [-0.2, 0) is 9.59 Å².